The zero-order chi connectivity index (χ0) is 25.4. The lowest BCUT2D eigenvalue weighted by Crippen LogP contribution is -2.59. The number of nitrogens with one attached hydrogen (secondary N) is 2. The van der Waals surface area contributed by atoms with Crippen molar-refractivity contribution in [3.05, 3.63) is 40.8 Å². The van der Waals surface area contributed by atoms with Crippen LogP contribution in [0.25, 0.3) is 0 Å². The molecule has 0 saturated carbocycles. The second-order valence-electron chi connectivity index (χ2n) is 10.9. The minimum atomic E-state index is -0.567. The number of nitrogens with zero attached hydrogens (tertiary/aromatic N) is 5. The van der Waals surface area contributed by atoms with E-state index in [2.05, 4.69) is 32.3 Å². The normalized spacial score (nSPS) is 22.5. The second kappa shape index (κ2) is 9.82. The molecule has 0 aliphatic carbocycles. The summed E-state index contributed by atoms with van der Waals surface area (Å²) in [6.07, 6.45) is 3.87. The van der Waals surface area contributed by atoms with Gasteiger partial charge in [0.2, 0.25) is 0 Å². The van der Waals surface area contributed by atoms with Crippen LogP contribution in [0.5, 0.6) is 0 Å². The first kappa shape index (κ1) is 24.7. The zero-order valence-corrected chi connectivity index (χ0v) is 21.7. The summed E-state index contributed by atoms with van der Waals surface area (Å²) in [5, 5.41) is 10.3. The highest BCUT2D eigenvalue weighted by molar-refractivity contribution is 6.03. The Hall–Kier alpha value is -2.98. The van der Waals surface area contributed by atoms with Crippen LogP contribution in [0, 0.1) is 12.8 Å². The van der Waals surface area contributed by atoms with Gasteiger partial charge in [0.1, 0.15) is 5.69 Å². The monoisotopic (exact) mass is 495 g/mol. The molecule has 5 heterocycles. The van der Waals surface area contributed by atoms with Crippen molar-refractivity contribution in [1.29, 1.82) is 0 Å². The molecule has 0 spiro atoms. The summed E-state index contributed by atoms with van der Waals surface area (Å²) in [5.74, 6) is 0.827. The summed E-state index contributed by atoms with van der Waals surface area (Å²) in [4.78, 5) is 37.1. The molecule has 2 saturated heterocycles. The van der Waals surface area contributed by atoms with Crippen LogP contribution < -0.4 is 5.32 Å². The van der Waals surface area contributed by atoms with Crippen LogP contribution in [0.2, 0.25) is 0 Å². The van der Waals surface area contributed by atoms with Gasteiger partial charge in [-0.15, -0.1) is 0 Å². The third-order valence-electron chi connectivity index (χ3n) is 7.90. The number of piperazine rings is 1. The van der Waals surface area contributed by atoms with Crippen LogP contribution in [0.3, 0.4) is 0 Å². The predicted octanol–water partition coefficient (Wildman–Crippen LogP) is 2.97. The van der Waals surface area contributed by atoms with Gasteiger partial charge in [0.25, 0.3) is 5.91 Å². The van der Waals surface area contributed by atoms with Crippen molar-refractivity contribution in [2.45, 2.75) is 58.7 Å². The Morgan fingerprint density at radius 1 is 1.25 bits per heavy atom. The molecule has 2 aromatic heterocycles. The lowest BCUT2D eigenvalue weighted by atomic mass is 9.99. The Kier molecular flexibility index (Phi) is 6.74. The van der Waals surface area contributed by atoms with Gasteiger partial charge in [0, 0.05) is 57.2 Å². The molecule has 10 nitrogen and oxygen atoms in total. The van der Waals surface area contributed by atoms with Gasteiger partial charge in [-0.1, -0.05) is 0 Å². The number of H-pyrrole nitrogens is 1. The maximum absolute atomic E-state index is 13.8. The highest BCUT2D eigenvalue weighted by Gasteiger charge is 2.46. The Balaban J connectivity index is 1.25. The number of aromatic nitrogens is 3. The Morgan fingerprint density at radius 3 is 2.75 bits per heavy atom. The van der Waals surface area contributed by atoms with E-state index in [1.54, 1.807) is 12.3 Å². The number of hydrogen-bond acceptors (Lipinski definition) is 6. The topological polar surface area (TPSA) is 107 Å². The first-order valence-electron chi connectivity index (χ1n) is 12.9. The van der Waals surface area contributed by atoms with Crippen LogP contribution in [0.15, 0.2) is 18.3 Å². The summed E-state index contributed by atoms with van der Waals surface area (Å²) in [7, 11) is 0. The van der Waals surface area contributed by atoms with Gasteiger partial charge in [-0.25, -0.2) is 4.79 Å². The van der Waals surface area contributed by atoms with Crippen LogP contribution in [-0.4, -0.2) is 87.3 Å². The lowest BCUT2D eigenvalue weighted by Gasteiger charge is -2.44. The van der Waals surface area contributed by atoms with E-state index < -0.39 is 5.54 Å². The van der Waals surface area contributed by atoms with Gasteiger partial charge in [-0.2, -0.15) is 5.10 Å². The van der Waals surface area contributed by atoms with Gasteiger partial charge in [0.05, 0.1) is 17.8 Å². The molecule has 0 aromatic carbocycles. The first-order chi connectivity index (χ1) is 17.2. The molecule has 36 heavy (non-hydrogen) atoms. The smallest absolute Gasteiger partial charge is 0.321 e. The Labute approximate surface area is 212 Å². The van der Waals surface area contributed by atoms with Gasteiger partial charge >= 0.3 is 6.03 Å². The molecule has 194 valence electrons. The van der Waals surface area contributed by atoms with E-state index in [0.717, 1.165) is 62.5 Å². The van der Waals surface area contributed by atoms with Crippen molar-refractivity contribution in [1.82, 2.24) is 29.9 Å². The number of ether oxygens (including phenoxy) is 1. The van der Waals surface area contributed by atoms with Crippen LogP contribution in [0.4, 0.5) is 10.6 Å². The van der Waals surface area contributed by atoms with E-state index in [4.69, 9.17) is 4.74 Å². The van der Waals surface area contributed by atoms with Crippen molar-refractivity contribution in [2.24, 2.45) is 5.92 Å². The van der Waals surface area contributed by atoms with E-state index >= 15 is 0 Å². The number of hydrogen-bond donors (Lipinski definition) is 2. The van der Waals surface area contributed by atoms with Gasteiger partial charge in [-0.3, -0.25) is 19.8 Å². The molecular weight excluding hydrogens is 458 g/mol. The molecule has 3 aliphatic rings. The number of aromatic amines is 1. The third-order valence-corrected chi connectivity index (χ3v) is 7.90. The summed E-state index contributed by atoms with van der Waals surface area (Å²) < 4.78 is 5.50. The third kappa shape index (κ3) is 4.71. The number of rotatable bonds is 4. The average molecular weight is 496 g/mol. The van der Waals surface area contributed by atoms with Gasteiger partial charge in [-0.05, 0) is 64.2 Å². The number of pyridine rings is 1. The van der Waals surface area contributed by atoms with E-state index in [-0.39, 0.29) is 18.0 Å². The number of aryl methyl sites for hydroxylation is 1. The van der Waals surface area contributed by atoms with E-state index in [1.165, 1.54) is 0 Å². The molecule has 2 N–H and O–H groups in total. The fourth-order valence-electron chi connectivity index (χ4n) is 5.69. The molecule has 2 aromatic rings. The molecular formula is C26H37N7O3. The molecule has 1 atom stereocenters. The summed E-state index contributed by atoms with van der Waals surface area (Å²) in [6, 6.07) is 3.75. The quantitative estimate of drug-likeness (QED) is 0.676. The molecule has 2 fully saturated rings. The molecule has 10 heteroatoms. The number of fused-ring (bicyclic) bond motifs is 1. The average Bonchev–Trinajstić information content (AvgIpc) is 3.37. The molecule has 5 rings (SSSR count). The summed E-state index contributed by atoms with van der Waals surface area (Å²) in [5.41, 5.74) is 2.43. The summed E-state index contributed by atoms with van der Waals surface area (Å²) in [6.45, 7) is 13.8. The van der Waals surface area contributed by atoms with Crippen LogP contribution in [-0.2, 0) is 16.8 Å². The van der Waals surface area contributed by atoms with E-state index in [9.17, 15) is 9.59 Å². The summed E-state index contributed by atoms with van der Waals surface area (Å²) >= 11 is 0. The maximum Gasteiger partial charge on any atom is 0.321 e. The van der Waals surface area contributed by atoms with E-state index in [0.29, 0.717) is 30.5 Å². The SMILES string of the molecule is Cc1ccnc(C(=O)Nc2n[nH]c3c2CN(C(=O)N2CCN(CC4CCOCC4)C[C@@H]2C)C3(C)C)c1. The van der Waals surface area contributed by atoms with Gasteiger partial charge in [0.15, 0.2) is 5.82 Å². The Bertz CT molecular complexity index is 1120. The van der Waals surface area contributed by atoms with Crippen LogP contribution in [0.1, 0.15) is 60.9 Å². The minimum Gasteiger partial charge on any atom is -0.381 e. The molecule has 0 unspecified atom stereocenters. The highest BCUT2D eigenvalue weighted by Crippen LogP contribution is 2.41. The van der Waals surface area contributed by atoms with E-state index in [1.807, 2.05) is 36.6 Å². The minimum absolute atomic E-state index is 0.0282. The number of amides is 3. The Morgan fingerprint density at radius 2 is 2.03 bits per heavy atom. The number of carbonyl (C=O) groups is 2. The maximum atomic E-state index is 13.8. The van der Waals surface area contributed by atoms with Crippen molar-refractivity contribution in [2.75, 3.05) is 44.7 Å². The van der Waals surface area contributed by atoms with Crippen LogP contribution >= 0.6 is 0 Å². The first-order valence-corrected chi connectivity index (χ1v) is 12.9. The standard InChI is InChI=1S/C26H37N7O3/c1-17-5-8-27-21(13-17)24(34)28-23-20-16-33(26(3,4)22(20)29-30-23)25(35)32-10-9-31(14-18(32)2)15-19-6-11-36-12-7-19/h5,8,13,18-19H,6-7,9-12,14-16H2,1-4H3,(H2,28,29,30,34)/t18-/m0/s1. The zero-order valence-electron chi connectivity index (χ0n) is 21.7. The molecule has 3 amide bonds. The molecule has 0 radical (unpaired) electrons. The fraction of sp³-hybridized carbons (Fsp3) is 0.615. The fourth-order valence-corrected chi connectivity index (χ4v) is 5.69. The van der Waals surface area contributed by atoms with Gasteiger partial charge < -0.3 is 19.9 Å². The van der Waals surface area contributed by atoms with Crippen molar-refractivity contribution < 1.29 is 14.3 Å². The van der Waals surface area contributed by atoms with Crippen molar-refractivity contribution in [3.8, 4) is 0 Å². The molecule has 0 bridgehead atoms. The number of urea groups is 1. The number of carbonyl (C=O) groups excluding carboxylic acids is 2. The van der Waals surface area contributed by atoms with Crippen molar-refractivity contribution >= 4 is 17.8 Å². The second-order valence-corrected chi connectivity index (χ2v) is 10.9. The molecule has 3 aliphatic heterocycles. The van der Waals surface area contributed by atoms with Crippen molar-refractivity contribution in [3.63, 3.8) is 0 Å². The lowest BCUT2D eigenvalue weighted by molar-refractivity contribution is 0.0290. The number of anilines is 1. The largest absolute Gasteiger partial charge is 0.381 e. The predicted molar refractivity (Wildman–Crippen MR) is 136 cm³/mol. The highest BCUT2D eigenvalue weighted by atomic mass is 16.5.